The van der Waals surface area contributed by atoms with Gasteiger partial charge in [-0.05, 0) is 6.26 Å². The quantitative estimate of drug-likeness (QED) is 0.556. The molecule has 0 spiro atoms. The monoisotopic (exact) mass is 230 g/mol. The molecule has 1 aromatic rings. The van der Waals surface area contributed by atoms with E-state index in [1.807, 2.05) is 6.26 Å². The Kier molecular flexibility index (Phi) is 3.67. The topological polar surface area (TPSA) is 97.1 Å². The van der Waals surface area contributed by atoms with Gasteiger partial charge in [0.1, 0.15) is 6.42 Å². The highest BCUT2D eigenvalue weighted by Crippen LogP contribution is 2.12. The lowest BCUT2D eigenvalue weighted by molar-refractivity contribution is -0.139. The van der Waals surface area contributed by atoms with Crippen LogP contribution in [0.15, 0.2) is 5.16 Å². The van der Waals surface area contributed by atoms with E-state index in [1.54, 1.807) is 7.05 Å². The largest absolute Gasteiger partial charge is 0.481 e. The van der Waals surface area contributed by atoms with Crippen molar-refractivity contribution < 1.29 is 14.7 Å². The van der Waals surface area contributed by atoms with E-state index in [9.17, 15) is 9.59 Å². The summed E-state index contributed by atoms with van der Waals surface area (Å²) in [6.07, 6.45) is 1.24. The zero-order valence-corrected chi connectivity index (χ0v) is 9.04. The molecule has 7 nitrogen and oxygen atoms in total. The first-order chi connectivity index (χ1) is 7.02. The maximum Gasteiger partial charge on any atom is 0.312 e. The third kappa shape index (κ3) is 3.24. The van der Waals surface area contributed by atoms with Crippen molar-refractivity contribution in [2.45, 2.75) is 11.6 Å². The van der Waals surface area contributed by atoms with Crippen LogP contribution < -0.4 is 5.32 Å². The smallest absolute Gasteiger partial charge is 0.312 e. The molecule has 0 saturated heterocycles. The van der Waals surface area contributed by atoms with Gasteiger partial charge in [-0.2, -0.15) is 4.98 Å². The number of aryl methyl sites for hydroxylation is 1. The van der Waals surface area contributed by atoms with Gasteiger partial charge in [0.2, 0.25) is 11.9 Å². The van der Waals surface area contributed by atoms with Crippen LogP contribution in [-0.4, -0.2) is 38.0 Å². The summed E-state index contributed by atoms with van der Waals surface area (Å²) < 4.78 is 1.50. The van der Waals surface area contributed by atoms with Gasteiger partial charge in [-0.25, -0.2) is 4.68 Å². The zero-order valence-electron chi connectivity index (χ0n) is 8.22. The number of anilines is 1. The molecule has 0 fully saturated rings. The number of amides is 1. The molecule has 2 N–H and O–H groups in total. The maximum atomic E-state index is 11.0. The van der Waals surface area contributed by atoms with Crippen LogP contribution in [0.25, 0.3) is 0 Å². The SMILES string of the molecule is CSc1nc(NC(=O)CC(=O)O)nn1C. The highest BCUT2D eigenvalue weighted by Gasteiger charge is 2.11. The number of carboxylic acid groups (broad SMARTS) is 1. The van der Waals surface area contributed by atoms with Crippen LogP contribution in [0.2, 0.25) is 0 Å². The van der Waals surface area contributed by atoms with Gasteiger partial charge in [-0.15, -0.1) is 5.10 Å². The fourth-order valence-corrected chi connectivity index (χ4v) is 1.39. The van der Waals surface area contributed by atoms with Crippen molar-refractivity contribution in [2.75, 3.05) is 11.6 Å². The van der Waals surface area contributed by atoms with E-state index in [2.05, 4.69) is 15.4 Å². The predicted molar refractivity (Wildman–Crippen MR) is 53.7 cm³/mol. The minimum atomic E-state index is -1.19. The molecule has 0 aromatic carbocycles. The molecule has 0 aliphatic carbocycles. The summed E-state index contributed by atoms with van der Waals surface area (Å²) in [5, 5.41) is 15.2. The Balaban J connectivity index is 2.64. The van der Waals surface area contributed by atoms with Gasteiger partial charge >= 0.3 is 5.97 Å². The number of carboxylic acids is 1. The molecule has 8 heteroatoms. The van der Waals surface area contributed by atoms with Crippen LogP contribution >= 0.6 is 11.8 Å². The van der Waals surface area contributed by atoms with Crippen LogP contribution in [-0.2, 0) is 16.6 Å². The van der Waals surface area contributed by atoms with Crippen LogP contribution in [0, 0.1) is 0 Å². The molecule has 0 bridgehead atoms. The molecule has 1 heterocycles. The number of nitrogens with zero attached hydrogens (tertiary/aromatic N) is 3. The summed E-state index contributed by atoms with van der Waals surface area (Å²) in [6, 6.07) is 0. The number of rotatable bonds is 4. The van der Waals surface area contributed by atoms with Crippen molar-refractivity contribution in [1.29, 1.82) is 0 Å². The van der Waals surface area contributed by atoms with E-state index in [-0.39, 0.29) is 5.95 Å². The number of carbonyl (C=O) groups is 2. The molecule has 0 aliphatic rings. The van der Waals surface area contributed by atoms with Gasteiger partial charge in [0.15, 0.2) is 5.16 Å². The second kappa shape index (κ2) is 4.78. The first-order valence-electron chi connectivity index (χ1n) is 3.99. The van der Waals surface area contributed by atoms with E-state index < -0.39 is 18.3 Å². The predicted octanol–water partition coefficient (Wildman–Crippen LogP) is -0.0498. The number of thioether (sulfide) groups is 1. The second-order valence-corrected chi connectivity index (χ2v) is 3.44. The molecule has 1 rings (SSSR count). The minimum absolute atomic E-state index is 0.119. The highest BCUT2D eigenvalue weighted by atomic mass is 32.2. The normalized spacial score (nSPS) is 10.0. The Hall–Kier alpha value is -1.57. The van der Waals surface area contributed by atoms with Crippen molar-refractivity contribution >= 4 is 29.6 Å². The molecule has 82 valence electrons. The standard InChI is InChI=1S/C7H10N4O3S/c1-11-7(15-2)9-6(10-11)8-4(12)3-5(13)14/h3H2,1-2H3,(H,13,14)(H,8,10,12). The van der Waals surface area contributed by atoms with Crippen molar-refractivity contribution in [3.05, 3.63) is 0 Å². The molecule has 0 unspecified atom stereocenters. The summed E-state index contributed by atoms with van der Waals surface area (Å²) in [4.78, 5) is 25.2. The Bertz CT molecular complexity index is 390. The van der Waals surface area contributed by atoms with Gasteiger partial charge < -0.3 is 5.11 Å². The van der Waals surface area contributed by atoms with Gasteiger partial charge in [-0.1, -0.05) is 11.8 Å². The molecule has 1 amide bonds. The van der Waals surface area contributed by atoms with Crippen molar-refractivity contribution in [2.24, 2.45) is 7.05 Å². The maximum absolute atomic E-state index is 11.0. The number of carbonyl (C=O) groups excluding carboxylic acids is 1. The van der Waals surface area contributed by atoms with Crippen LogP contribution in [0.5, 0.6) is 0 Å². The van der Waals surface area contributed by atoms with Crippen LogP contribution in [0.4, 0.5) is 5.95 Å². The number of hydrogen-bond acceptors (Lipinski definition) is 5. The average Bonchev–Trinajstić information content (AvgIpc) is 2.44. The fourth-order valence-electron chi connectivity index (χ4n) is 0.907. The lowest BCUT2D eigenvalue weighted by Gasteiger charge is -1.95. The second-order valence-electron chi connectivity index (χ2n) is 2.66. The fraction of sp³-hybridized carbons (Fsp3) is 0.429. The van der Waals surface area contributed by atoms with Gasteiger partial charge in [0.05, 0.1) is 0 Å². The summed E-state index contributed by atoms with van der Waals surface area (Å²) in [7, 11) is 1.69. The van der Waals surface area contributed by atoms with Crippen molar-refractivity contribution in [3.8, 4) is 0 Å². The minimum Gasteiger partial charge on any atom is -0.481 e. The Morgan fingerprint density at radius 2 is 2.27 bits per heavy atom. The Morgan fingerprint density at radius 3 is 2.73 bits per heavy atom. The number of nitrogens with one attached hydrogen (secondary N) is 1. The lowest BCUT2D eigenvalue weighted by atomic mass is 10.4. The molecule has 0 radical (unpaired) electrons. The van der Waals surface area contributed by atoms with Crippen LogP contribution in [0.1, 0.15) is 6.42 Å². The molecule has 0 atom stereocenters. The summed E-state index contributed by atoms with van der Waals surface area (Å²) in [5.74, 6) is -1.71. The number of aromatic nitrogens is 3. The summed E-state index contributed by atoms with van der Waals surface area (Å²) >= 11 is 1.38. The Morgan fingerprint density at radius 1 is 1.60 bits per heavy atom. The Labute approximate surface area is 89.9 Å². The van der Waals surface area contributed by atoms with E-state index in [0.29, 0.717) is 5.16 Å². The van der Waals surface area contributed by atoms with E-state index >= 15 is 0 Å². The zero-order chi connectivity index (χ0) is 11.4. The highest BCUT2D eigenvalue weighted by molar-refractivity contribution is 7.98. The van der Waals surface area contributed by atoms with Gasteiger partial charge in [0.25, 0.3) is 0 Å². The lowest BCUT2D eigenvalue weighted by Crippen LogP contribution is -2.16. The van der Waals surface area contributed by atoms with Crippen molar-refractivity contribution in [3.63, 3.8) is 0 Å². The first-order valence-corrected chi connectivity index (χ1v) is 5.22. The molecule has 1 aromatic heterocycles. The molecular formula is C7H10N4O3S. The van der Waals surface area contributed by atoms with Crippen molar-refractivity contribution in [1.82, 2.24) is 14.8 Å². The summed E-state index contributed by atoms with van der Waals surface area (Å²) in [5.41, 5.74) is 0. The molecule has 0 aliphatic heterocycles. The number of hydrogen-bond donors (Lipinski definition) is 2. The van der Waals surface area contributed by atoms with Crippen LogP contribution in [0.3, 0.4) is 0 Å². The summed E-state index contributed by atoms with van der Waals surface area (Å²) in [6.45, 7) is 0. The van der Waals surface area contributed by atoms with Gasteiger partial charge in [0, 0.05) is 7.05 Å². The third-order valence-electron chi connectivity index (χ3n) is 1.47. The van der Waals surface area contributed by atoms with E-state index in [4.69, 9.17) is 5.11 Å². The average molecular weight is 230 g/mol. The third-order valence-corrected chi connectivity index (χ3v) is 2.19. The van der Waals surface area contributed by atoms with E-state index in [0.717, 1.165) is 0 Å². The molecule has 0 saturated carbocycles. The molecule has 15 heavy (non-hydrogen) atoms. The number of aliphatic carboxylic acids is 1. The van der Waals surface area contributed by atoms with Gasteiger partial charge in [-0.3, -0.25) is 14.9 Å². The molecular weight excluding hydrogens is 220 g/mol. The van der Waals surface area contributed by atoms with E-state index in [1.165, 1.54) is 16.4 Å². The first kappa shape index (κ1) is 11.5.